The molecule has 1 fully saturated rings. The Morgan fingerprint density at radius 2 is 2.25 bits per heavy atom. The molecule has 2 unspecified atom stereocenters. The van der Waals surface area contributed by atoms with Crippen LogP contribution in [0.5, 0.6) is 0 Å². The summed E-state index contributed by atoms with van der Waals surface area (Å²) < 4.78 is 5.22. The Labute approximate surface area is 72.7 Å². The zero-order valence-electron chi connectivity index (χ0n) is 7.83. The number of carboxylic acids is 1. The fourth-order valence-electron chi connectivity index (χ4n) is 1.49. The van der Waals surface area contributed by atoms with E-state index in [1.54, 1.807) is 7.11 Å². The second-order valence-corrected chi connectivity index (χ2v) is 4.11. The van der Waals surface area contributed by atoms with Crippen molar-refractivity contribution in [2.45, 2.75) is 32.3 Å². The van der Waals surface area contributed by atoms with E-state index in [-0.39, 0.29) is 11.5 Å². The number of aliphatic carboxylic acids is 1. The molecule has 0 aromatic carbocycles. The monoisotopic (exact) mass is 172 g/mol. The summed E-state index contributed by atoms with van der Waals surface area (Å²) in [4.78, 5) is 10.5. The van der Waals surface area contributed by atoms with Crippen molar-refractivity contribution in [3.8, 4) is 0 Å². The Bertz CT molecular complexity index is 186. The first kappa shape index (κ1) is 9.52. The van der Waals surface area contributed by atoms with Crippen molar-refractivity contribution in [3.05, 3.63) is 0 Å². The molecule has 3 nitrogen and oxygen atoms in total. The molecule has 1 saturated carbocycles. The van der Waals surface area contributed by atoms with Crippen LogP contribution in [0.3, 0.4) is 0 Å². The molecule has 12 heavy (non-hydrogen) atoms. The first-order chi connectivity index (χ1) is 5.46. The zero-order chi connectivity index (χ0) is 9.35. The predicted octanol–water partition coefficient (Wildman–Crippen LogP) is 1.52. The third-order valence-corrected chi connectivity index (χ3v) is 2.55. The molecule has 0 saturated heterocycles. The SMILES string of the molecule is COC(C)(C)CC1CC1C(=O)O. The predicted molar refractivity (Wildman–Crippen MR) is 44.9 cm³/mol. The summed E-state index contributed by atoms with van der Waals surface area (Å²) in [7, 11) is 1.66. The second kappa shape index (κ2) is 3.05. The van der Waals surface area contributed by atoms with Gasteiger partial charge in [-0.25, -0.2) is 0 Å². The van der Waals surface area contributed by atoms with Crippen LogP contribution in [0.4, 0.5) is 0 Å². The van der Waals surface area contributed by atoms with Gasteiger partial charge < -0.3 is 9.84 Å². The normalized spacial score (nSPS) is 28.6. The van der Waals surface area contributed by atoms with E-state index < -0.39 is 5.97 Å². The summed E-state index contributed by atoms with van der Waals surface area (Å²) in [5.74, 6) is -0.441. The average Bonchev–Trinajstić information content (AvgIpc) is 2.67. The fraction of sp³-hybridized carbons (Fsp3) is 0.889. The highest BCUT2D eigenvalue weighted by Crippen LogP contribution is 2.44. The Morgan fingerprint density at radius 3 is 2.58 bits per heavy atom. The van der Waals surface area contributed by atoms with Crippen LogP contribution in [-0.4, -0.2) is 23.8 Å². The average molecular weight is 172 g/mol. The Balaban J connectivity index is 2.32. The van der Waals surface area contributed by atoms with Gasteiger partial charge in [0.05, 0.1) is 11.5 Å². The number of hydrogen-bond acceptors (Lipinski definition) is 2. The smallest absolute Gasteiger partial charge is 0.306 e. The molecule has 0 spiro atoms. The fourth-order valence-corrected chi connectivity index (χ4v) is 1.49. The Morgan fingerprint density at radius 1 is 1.67 bits per heavy atom. The lowest BCUT2D eigenvalue weighted by molar-refractivity contribution is -0.139. The largest absolute Gasteiger partial charge is 0.481 e. The van der Waals surface area contributed by atoms with E-state index in [4.69, 9.17) is 9.84 Å². The van der Waals surface area contributed by atoms with Crippen molar-refractivity contribution in [1.82, 2.24) is 0 Å². The van der Waals surface area contributed by atoms with Crippen LogP contribution in [-0.2, 0) is 9.53 Å². The second-order valence-electron chi connectivity index (χ2n) is 4.11. The summed E-state index contributed by atoms with van der Waals surface area (Å²) in [6.07, 6.45) is 1.67. The minimum Gasteiger partial charge on any atom is -0.481 e. The molecule has 3 heteroatoms. The van der Waals surface area contributed by atoms with E-state index in [0.717, 1.165) is 12.8 Å². The summed E-state index contributed by atoms with van der Waals surface area (Å²) >= 11 is 0. The molecule has 0 amide bonds. The van der Waals surface area contributed by atoms with Crippen LogP contribution in [0, 0.1) is 11.8 Å². The lowest BCUT2D eigenvalue weighted by Gasteiger charge is -2.22. The number of ether oxygens (including phenoxy) is 1. The van der Waals surface area contributed by atoms with Gasteiger partial charge >= 0.3 is 5.97 Å². The number of carboxylic acid groups (broad SMARTS) is 1. The first-order valence-corrected chi connectivity index (χ1v) is 4.24. The maximum Gasteiger partial charge on any atom is 0.306 e. The van der Waals surface area contributed by atoms with Crippen LogP contribution < -0.4 is 0 Å². The van der Waals surface area contributed by atoms with Crippen LogP contribution in [0.1, 0.15) is 26.7 Å². The lowest BCUT2D eigenvalue weighted by Crippen LogP contribution is -2.23. The summed E-state index contributed by atoms with van der Waals surface area (Å²) in [6.45, 7) is 3.98. The standard InChI is InChI=1S/C9H16O3/c1-9(2,12-3)5-6-4-7(6)8(10)11/h6-7H,4-5H2,1-3H3,(H,10,11). The molecule has 0 aliphatic heterocycles. The van der Waals surface area contributed by atoms with Crippen LogP contribution >= 0.6 is 0 Å². The van der Waals surface area contributed by atoms with Gasteiger partial charge in [-0.3, -0.25) is 4.79 Å². The molecule has 1 rings (SSSR count). The minimum absolute atomic E-state index is 0.112. The summed E-state index contributed by atoms with van der Waals surface area (Å²) in [5, 5.41) is 8.65. The number of rotatable bonds is 4. The summed E-state index contributed by atoms with van der Waals surface area (Å²) in [5.41, 5.74) is -0.172. The van der Waals surface area contributed by atoms with Gasteiger partial charge in [-0.2, -0.15) is 0 Å². The van der Waals surface area contributed by atoms with E-state index in [9.17, 15) is 4.79 Å². The third-order valence-electron chi connectivity index (χ3n) is 2.55. The number of hydrogen-bond donors (Lipinski definition) is 1. The molecular formula is C9H16O3. The van der Waals surface area contributed by atoms with Crippen molar-refractivity contribution in [2.75, 3.05) is 7.11 Å². The highest BCUT2D eigenvalue weighted by Gasteiger charge is 2.45. The highest BCUT2D eigenvalue weighted by atomic mass is 16.5. The Kier molecular flexibility index (Phi) is 2.42. The van der Waals surface area contributed by atoms with Gasteiger partial charge in [0, 0.05) is 7.11 Å². The lowest BCUT2D eigenvalue weighted by atomic mass is 10.0. The quantitative estimate of drug-likeness (QED) is 0.699. The third kappa shape index (κ3) is 2.21. The van der Waals surface area contributed by atoms with E-state index in [0.29, 0.717) is 5.92 Å². The summed E-state index contributed by atoms with van der Waals surface area (Å²) in [6, 6.07) is 0. The number of methoxy groups -OCH3 is 1. The van der Waals surface area contributed by atoms with Crippen molar-refractivity contribution in [1.29, 1.82) is 0 Å². The molecule has 0 heterocycles. The van der Waals surface area contributed by atoms with Gasteiger partial charge in [0.25, 0.3) is 0 Å². The van der Waals surface area contributed by atoms with Crippen molar-refractivity contribution < 1.29 is 14.6 Å². The minimum atomic E-state index is -0.660. The van der Waals surface area contributed by atoms with E-state index in [1.165, 1.54) is 0 Å². The molecule has 1 aliphatic rings. The van der Waals surface area contributed by atoms with E-state index in [1.807, 2.05) is 13.8 Å². The Hall–Kier alpha value is -0.570. The maximum absolute atomic E-state index is 10.5. The van der Waals surface area contributed by atoms with Gasteiger partial charge in [0.15, 0.2) is 0 Å². The highest BCUT2D eigenvalue weighted by molar-refractivity contribution is 5.73. The van der Waals surface area contributed by atoms with Gasteiger partial charge in [0.2, 0.25) is 0 Å². The molecule has 2 atom stereocenters. The maximum atomic E-state index is 10.5. The molecule has 70 valence electrons. The van der Waals surface area contributed by atoms with Gasteiger partial charge in [-0.15, -0.1) is 0 Å². The zero-order valence-corrected chi connectivity index (χ0v) is 7.83. The van der Waals surface area contributed by atoms with Gasteiger partial charge in [-0.1, -0.05) is 0 Å². The molecule has 0 aromatic heterocycles. The molecule has 0 aromatic rings. The first-order valence-electron chi connectivity index (χ1n) is 4.24. The van der Waals surface area contributed by atoms with Gasteiger partial charge in [0.1, 0.15) is 0 Å². The topological polar surface area (TPSA) is 46.5 Å². The molecule has 1 N–H and O–H groups in total. The number of carbonyl (C=O) groups is 1. The van der Waals surface area contributed by atoms with Crippen molar-refractivity contribution >= 4 is 5.97 Å². The van der Waals surface area contributed by atoms with E-state index in [2.05, 4.69) is 0 Å². The molecule has 0 bridgehead atoms. The van der Waals surface area contributed by atoms with Crippen LogP contribution in [0.2, 0.25) is 0 Å². The van der Waals surface area contributed by atoms with Crippen LogP contribution in [0.15, 0.2) is 0 Å². The van der Waals surface area contributed by atoms with Crippen molar-refractivity contribution in [2.24, 2.45) is 11.8 Å². The molecule has 1 aliphatic carbocycles. The van der Waals surface area contributed by atoms with Crippen LogP contribution in [0.25, 0.3) is 0 Å². The molecule has 0 radical (unpaired) electrons. The van der Waals surface area contributed by atoms with E-state index >= 15 is 0 Å². The van der Waals surface area contributed by atoms with Gasteiger partial charge in [-0.05, 0) is 32.6 Å². The van der Waals surface area contributed by atoms with Crippen molar-refractivity contribution in [3.63, 3.8) is 0 Å². The molecular weight excluding hydrogens is 156 g/mol.